The second kappa shape index (κ2) is 15.3. The van der Waals surface area contributed by atoms with E-state index in [1.54, 1.807) is 18.2 Å². The molecule has 2 amide bonds. The zero-order valence-corrected chi connectivity index (χ0v) is 26.2. The number of benzene rings is 3. The molecule has 9 nitrogen and oxygen atoms in total. The molecule has 3 aromatic carbocycles. The lowest BCUT2D eigenvalue weighted by atomic mass is 9.99. The van der Waals surface area contributed by atoms with Crippen LogP contribution in [0.25, 0.3) is 10.8 Å². The molecular formula is C34H42N4O5S. The largest absolute Gasteiger partial charge is 0.390 e. The Morgan fingerprint density at radius 3 is 2.34 bits per heavy atom. The lowest BCUT2D eigenvalue weighted by Crippen LogP contribution is -2.60. The lowest BCUT2D eigenvalue weighted by molar-refractivity contribution is -0.147. The predicted octanol–water partition coefficient (Wildman–Crippen LogP) is 3.48. The normalized spacial score (nSPS) is 14.7. The average molecular weight is 619 g/mol. The van der Waals surface area contributed by atoms with Gasteiger partial charge in [0.2, 0.25) is 15.9 Å². The van der Waals surface area contributed by atoms with Gasteiger partial charge in [-0.25, -0.2) is 13.4 Å². The number of terminal acetylenes is 1. The fourth-order valence-corrected chi connectivity index (χ4v) is 6.73. The maximum atomic E-state index is 14.0. The van der Waals surface area contributed by atoms with Gasteiger partial charge in [-0.1, -0.05) is 74.5 Å². The first kappa shape index (κ1) is 33.1. The Morgan fingerprint density at radius 2 is 1.68 bits per heavy atom. The van der Waals surface area contributed by atoms with Gasteiger partial charge in [-0.2, -0.15) is 4.31 Å². The van der Waals surface area contributed by atoms with Crippen LogP contribution in [0.3, 0.4) is 0 Å². The van der Waals surface area contributed by atoms with Crippen molar-refractivity contribution in [3.05, 3.63) is 78.4 Å². The third kappa shape index (κ3) is 9.13. The monoisotopic (exact) mass is 618 g/mol. The van der Waals surface area contributed by atoms with Crippen molar-refractivity contribution >= 4 is 32.6 Å². The van der Waals surface area contributed by atoms with Crippen molar-refractivity contribution in [1.29, 1.82) is 0 Å². The molecule has 1 aliphatic carbocycles. The molecule has 1 unspecified atom stereocenters. The maximum Gasteiger partial charge on any atom is 0.252 e. The van der Waals surface area contributed by atoms with Crippen LogP contribution in [0.4, 0.5) is 0 Å². The van der Waals surface area contributed by atoms with E-state index in [-0.39, 0.29) is 55.8 Å². The van der Waals surface area contributed by atoms with Crippen LogP contribution in [-0.2, 0) is 26.0 Å². The number of aliphatic hydroxyl groups excluding tert-OH is 1. The molecule has 3 aromatic rings. The Hall–Kier alpha value is -3.75. The molecule has 0 aliphatic heterocycles. The average Bonchev–Trinajstić information content (AvgIpc) is 3.85. The van der Waals surface area contributed by atoms with Gasteiger partial charge in [0.1, 0.15) is 0 Å². The molecule has 1 fully saturated rings. The van der Waals surface area contributed by atoms with E-state index in [0.717, 1.165) is 34.2 Å². The van der Waals surface area contributed by atoms with Crippen LogP contribution in [0.15, 0.2) is 77.7 Å². The summed E-state index contributed by atoms with van der Waals surface area (Å²) in [6.45, 7) is 3.67. The molecule has 2 atom stereocenters. The second-order valence-electron chi connectivity index (χ2n) is 11.7. The fourth-order valence-electron chi connectivity index (χ4n) is 5.07. The van der Waals surface area contributed by atoms with E-state index in [9.17, 15) is 23.1 Å². The summed E-state index contributed by atoms with van der Waals surface area (Å²) < 4.78 is 29.3. The Balaban J connectivity index is 1.66. The topological polar surface area (TPSA) is 119 Å². The van der Waals surface area contributed by atoms with E-state index in [4.69, 9.17) is 6.42 Å². The van der Waals surface area contributed by atoms with Crippen molar-refractivity contribution in [3.63, 3.8) is 0 Å². The summed E-state index contributed by atoms with van der Waals surface area (Å²) in [5.74, 6) is 1.51. The minimum atomic E-state index is -4.04. The third-order valence-electron chi connectivity index (χ3n) is 7.51. The van der Waals surface area contributed by atoms with Gasteiger partial charge < -0.3 is 10.4 Å². The van der Waals surface area contributed by atoms with E-state index < -0.39 is 34.0 Å². The zero-order chi connectivity index (χ0) is 31.7. The molecule has 1 aliphatic rings. The fraction of sp³-hybridized carbons (Fsp3) is 0.412. The Morgan fingerprint density at radius 1 is 1.00 bits per heavy atom. The summed E-state index contributed by atoms with van der Waals surface area (Å²) in [4.78, 5) is 26.6. The third-order valence-corrected chi connectivity index (χ3v) is 9.33. The molecule has 3 N–H and O–H groups in total. The van der Waals surface area contributed by atoms with E-state index in [1.807, 2.05) is 68.4 Å². The van der Waals surface area contributed by atoms with E-state index in [2.05, 4.69) is 16.7 Å². The Labute approximate surface area is 260 Å². The van der Waals surface area contributed by atoms with Gasteiger partial charge in [0.15, 0.2) is 0 Å². The van der Waals surface area contributed by atoms with Crippen LogP contribution in [0.5, 0.6) is 0 Å². The van der Waals surface area contributed by atoms with E-state index >= 15 is 0 Å². The zero-order valence-electron chi connectivity index (χ0n) is 25.4. The standard InChI is InChI=1S/C34H42N4O5S/c1-4-5-15-34(41)38(36-33(40)22-35-29-17-18-29)31(20-26-11-7-6-8-12-26)32(39)24-37(23-25(2)3)44(42,43)30-19-16-27-13-9-10-14-28(27)21-30/h1,6-14,16,19,21,25,29,31-32,35,39H,5,15,17-18,20,22-24H2,2-3H3,(H,36,40)/t31?,32-/m1/s1. The van der Waals surface area contributed by atoms with Crippen molar-refractivity contribution in [3.8, 4) is 12.3 Å². The molecule has 0 saturated heterocycles. The first-order valence-electron chi connectivity index (χ1n) is 15.1. The minimum Gasteiger partial charge on any atom is -0.390 e. The number of carbonyl (C=O) groups excluding carboxylic acids is 2. The number of amides is 2. The first-order chi connectivity index (χ1) is 21.1. The number of rotatable bonds is 15. The molecule has 0 heterocycles. The van der Waals surface area contributed by atoms with Crippen molar-refractivity contribution in [2.45, 2.75) is 69.0 Å². The van der Waals surface area contributed by atoms with E-state index in [1.165, 1.54) is 4.31 Å². The highest BCUT2D eigenvalue weighted by atomic mass is 32.2. The highest BCUT2D eigenvalue weighted by Gasteiger charge is 2.36. The molecule has 44 heavy (non-hydrogen) atoms. The summed E-state index contributed by atoms with van der Waals surface area (Å²) >= 11 is 0. The predicted molar refractivity (Wildman–Crippen MR) is 172 cm³/mol. The molecule has 1 saturated carbocycles. The van der Waals surface area contributed by atoms with Crippen molar-refractivity contribution < 1.29 is 23.1 Å². The number of fused-ring (bicyclic) bond motifs is 1. The number of hydrazine groups is 1. The number of hydrogen-bond acceptors (Lipinski definition) is 6. The van der Waals surface area contributed by atoms with Crippen LogP contribution < -0.4 is 10.7 Å². The van der Waals surface area contributed by atoms with Crippen LogP contribution in [-0.4, -0.2) is 72.5 Å². The van der Waals surface area contributed by atoms with Crippen molar-refractivity contribution in [1.82, 2.24) is 20.1 Å². The summed E-state index contributed by atoms with van der Waals surface area (Å²) in [7, 11) is -4.04. The molecule has 234 valence electrons. The van der Waals surface area contributed by atoms with Gasteiger partial charge >= 0.3 is 0 Å². The SMILES string of the molecule is C#CCCC(=O)N(NC(=O)CNC1CC1)C(Cc1ccccc1)[C@H](O)CN(CC(C)C)S(=O)(=O)c1ccc2ccccc2c1. The molecule has 0 radical (unpaired) electrons. The number of nitrogens with zero attached hydrogens (tertiary/aromatic N) is 2. The second-order valence-corrected chi connectivity index (χ2v) is 13.6. The number of carbonyl (C=O) groups is 2. The maximum absolute atomic E-state index is 14.0. The van der Waals surface area contributed by atoms with Gasteiger partial charge in [0, 0.05) is 32.0 Å². The summed E-state index contributed by atoms with van der Waals surface area (Å²) in [6.07, 6.45) is 6.34. The van der Waals surface area contributed by atoms with Gasteiger partial charge in [0.25, 0.3) is 5.91 Å². The van der Waals surface area contributed by atoms with E-state index in [0.29, 0.717) is 0 Å². The van der Waals surface area contributed by atoms with Gasteiger partial charge in [0.05, 0.1) is 23.6 Å². The highest BCUT2D eigenvalue weighted by Crippen LogP contribution is 2.24. The summed E-state index contributed by atoms with van der Waals surface area (Å²) in [6, 6.07) is 21.0. The number of nitrogens with one attached hydrogen (secondary N) is 2. The van der Waals surface area contributed by atoms with Crippen LogP contribution in [0.1, 0.15) is 45.1 Å². The van der Waals surface area contributed by atoms with Gasteiger partial charge in [-0.15, -0.1) is 12.3 Å². The molecule has 10 heteroatoms. The Bertz CT molecular complexity index is 1570. The Kier molecular flexibility index (Phi) is 11.5. The molecular weight excluding hydrogens is 576 g/mol. The number of aliphatic hydroxyl groups is 1. The quantitative estimate of drug-likeness (QED) is 0.177. The van der Waals surface area contributed by atoms with Crippen LogP contribution in [0, 0.1) is 18.3 Å². The van der Waals surface area contributed by atoms with Gasteiger partial charge in [-0.05, 0) is 53.6 Å². The smallest absolute Gasteiger partial charge is 0.252 e. The van der Waals surface area contributed by atoms with Crippen molar-refractivity contribution in [2.75, 3.05) is 19.6 Å². The highest BCUT2D eigenvalue weighted by molar-refractivity contribution is 7.89. The molecule has 0 aromatic heterocycles. The van der Waals surface area contributed by atoms with Crippen molar-refractivity contribution in [2.24, 2.45) is 5.92 Å². The molecule has 0 spiro atoms. The van der Waals surface area contributed by atoms with Crippen LogP contribution in [0.2, 0.25) is 0 Å². The minimum absolute atomic E-state index is 0.00750. The summed E-state index contributed by atoms with van der Waals surface area (Å²) in [5, 5.41) is 17.8. The van der Waals surface area contributed by atoms with Gasteiger partial charge in [-0.3, -0.25) is 15.0 Å². The number of hydrogen-bond donors (Lipinski definition) is 3. The summed E-state index contributed by atoms with van der Waals surface area (Å²) in [5.41, 5.74) is 3.51. The number of sulfonamides is 1. The molecule has 0 bridgehead atoms. The molecule has 4 rings (SSSR count). The van der Waals surface area contributed by atoms with Crippen LogP contribution >= 0.6 is 0 Å². The first-order valence-corrected chi connectivity index (χ1v) is 16.5. The lowest BCUT2D eigenvalue weighted by Gasteiger charge is -2.37.